The Morgan fingerprint density at radius 2 is 2.05 bits per heavy atom. The summed E-state index contributed by atoms with van der Waals surface area (Å²) in [7, 11) is 1.51. The highest BCUT2D eigenvalue weighted by Crippen LogP contribution is 2.20. The average Bonchev–Trinajstić information content (AvgIpc) is 2.50. The van der Waals surface area contributed by atoms with E-state index in [1.165, 1.54) is 7.11 Å². The molecule has 0 bridgehead atoms. The molecule has 0 aliphatic rings. The first-order valence-electron chi connectivity index (χ1n) is 7.06. The minimum absolute atomic E-state index is 0.306. The molecule has 0 saturated carbocycles. The van der Waals surface area contributed by atoms with Crippen molar-refractivity contribution in [3.05, 3.63) is 36.4 Å². The number of methoxy groups -OCH3 is 1. The zero-order valence-corrected chi connectivity index (χ0v) is 12.4. The van der Waals surface area contributed by atoms with Gasteiger partial charge >= 0.3 is 5.97 Å². The number of rotatable bonds is 9. The van der Waals surface area contributed by atoms with Crippen molar-refractivity contribution in [2.24, 2.45) is 5.92 Å². The van der Waals surface area contributed by atoms with E-state index < -0.39 is 5.97 Å². The molecule has 1 radical (unpaired) electrons. The molecule has 4 nitrogen and oxygen atoms in total. The standard InChI is InChI=1S/C16H23O4/c1-4-6-9-13(5-2)12-19-20-16(17)14-10-7-8-11-15(14)18-3/h7-8,10-13H,4-6,9H2,1-3H3. The lowest BCUT2D eigenvalue weighted by Gasteiger charge is -2.13. The number of ether oxygens (including phenoxy) is 1. The summed E-state index contributed by atoms with van der Waals surface area (Å²) >= 11 is 0. The molecule has 0 saturated heterocycles. The van der Waals surface area contributed by atoms with Crippen LogP contribution in [-0.2, 0) is 9.78 Å². The third kappa shape index (κ3) is 5.21. The number of benzene rings is 1. The number of para-hydroxylation sites is 1. The number of hydrogen-bond donors (Lipinski definition) is 0. The second-order valence-corrected chi connectivity index (χ2v) is 4.61. The van der Waals surface area contributed by atoms with Crippen LogP contribution in [0.5, 0.6) is 5.75 Å². The van der Waals surface area contributed by atoms with Gasteiger partial charge in [0.1, 0.15) is 17.9 Å². The Balaban J connectivity index is 2.43. The Kier molecular flexibility index (Phi) is 7.73. The second kappa shape index (κ2) is 9.37. The quantitative estimate of drug-likeness (QED) is 0.503. The minimum Gasteiger partial charge on any atom is -0.496 e. The van der Waals surface area contributed by atoms with Gasteiger partial charge in [0, 0.05) is 0 Å². The maximum Gasteiger partial charge on any atom is 0.376 e. The van der Waals surface area contributed by atoms with Crippen LogP contribution >= 0.6 is 0 Å². The van der Waals surface area contributed by atoms with Crippen molar-refractivity contribution >= 4 is 5.97 Å². The summed E-state index contributed by atoms with van der Waals surface area (Å²) < 4.78 is 5.10. The molecule has 1 unspecified atom stereocenters. The van der Waals surface area contributed by atoms with Crippen LogP contribution in [0.2, 0.25) is 0 Å². The highest BCUT2D eigenvalue weighted by atomic mass is 17.2. The van der Waals surface area contributed by atoms with E-state index in [0.717, 1.165) is 25.7 Å². The van der Waals surface area contributed by atoms with Crippen molar-refractivity contribution < 1.29 is 19.3 Å². The fourth-order valence-corrected chi connectivity index (χ4v) is 1.84. The molecule has 0 heterocycles. The van der Waals surface area contributed by atoms with Crippen LogP contribution in [0.15, 0.2) is 24.3 Å². The van der Waals surface area contributed by atoms with Gasteiger partial charge in [-0.25, -0.2) is 4.79 Å². The third-order valence-corrected chi connectivity index (χ3v) is 3.15. The van der Waals surface area contributed by atoms with E-state index in [1.807, 2.05) is 0 Å². The molecule has 0 N–H and O–H groups in total. The summed E-state index contributed by atoms with van der Waals surface area (Å²) in [5.41, 5.74) is 0.352. The van der Waals surface area contributed by atoms with Crippen LogP contribution in [0.25, 0.3) is 0 Å². The SMILES string of the molecule is CCCCC([CH]OOC(=O)c1ccccc1OC)CC. The van der Waals surface area contributed by atoms with Crippen molar-refractivity contribution in [2.75, 3.05) is 7.11 Å². The van der Waals surface area contributed by atoms with E-state index >= 15 is 0 Å². The molecule has 4 heteroatoms. The molecule has 0 amide bonds. The van der Waals surface area contributed by atoms with Crippen LogP contribution in [-0.4, -0.2) is 13.1 Å². The van der Waals surface area contributed by atoms with Crippen molar-refractivity contribution in [1.29, 1.82) is 0 Å². The van der Waals surface area contributed by atoms with Gasteiger partial charge in [0.15, 0.2) is 0 Å². The minimum atomic E-state index is -0.552. The van der Waals surface area contributed by atoms with Crippen LogP contribution in [0.3, 0.4) is 0 Å². The van der Waals surface area contributed by atoms with Crippen molar-refractivity contribution in [1.82, 2.24) is 0 Å². The molecule has 1 rings (SSSR count). The highest BCUT2D eigenvalue weighted by Gasteiger charge is 2.15. The molecular weight excluding hydrogens is 256 g/mol. The fourth-order valence-electron chi connectivity index (χ4n) is 1.84. The molecule has 1 aromatic carbocycles. The Morgan fingerprint density at radius 1 is 1.30 bits per heavy atom. The normalized spacial score (nSPS) is 11.9. The molecule has 0 aromatic heterocycles. The lowest BCUT2D eigenvalue weighted by Crippen LogP contribution is -2.10. The van der Waals surface area contributed by atoms with Gasteiger partial charge in [-0.15, -0.1) is 0 Å². The van der Waals surface area contributed by atoms with Crippen molar-refractivity contribution in [3.8, 4) is 5.75 Å². The number of carbonyl (C=O) groups is 1. The summed E-state index contributed by atoms with van der Waals surface area (Å²) in [5.74, 6) is 0.226. The van der Waals surface area contributed by atoms with Crippen LogP contribution in [0, 0.1) is 12.5 Å². The molecule has 111 valence electrons. The Hall–Kier alpha value is -1.55. The van der Waals surface area contributed by atoms with Gasteiger partial charge in [0.2, 0.25) is 0 Å². The highest BCUT2D eigenvalue weighted by molar-refractivity contribution is 5.92. The van der Waals surface area contributed by atoms with Gasteiger partial charge in [0.25, 0.3) is 0 Å². The fraction of sp³-hybridized carbons (Fsp3) is 0.500. The lowest BCUT2D eigenvalue weighted by atomic mass is 10.0. The Labute approximate surface area is 121 Å². The second-order valence-electron chi connectivity index (χ2n) is 4.61. The van der Waals surface area contributed by atoms with Gasteiger partial charge in [-0.1, -0.05) is 45.2 Å². The molecule has 0 aliphatic carbocycles. The number of carbonyl (C=O) groups excluding carboxylic acids is 1. The lowest BCUT2D eigenvalue weighted by molar-refractivity contribution is -0.219. The zero-order valence-electron chi connectivity index (χ0n) is 12.4. The molecular formula is C16H23O4. The summed E-state index contributed by atoms with van der Waals surface area (Å²) in [6, 6.07) is 6.88. The van der Waals surface area contributed by atoms with Gasteiger partial charge in [-0.2, -0.15) is 4.89 Å². The molecule has 0 spiro atoms. The summed E-state index contributed by atoms with van der Waals surface area (Å²) in [5, 5.41) is 0. The first-order valence-corrected chi connectivity index (χ1v) is 7.06. The zero-order chi connectivity index (χ0) is 14.8. The topological polar surface area (TPSA) is 44.8 Å². The Bertz CT molecular complexity index is 403. The maximum absolute atomic E-state index is 11.9. The Morgan fingerprint density at radius 3 is 2.70 bits per heavy atom. The van der Waals surface area contributed by atoms with Crippen LogP contribution < -0.4 is 4.74 Å². The average molecular weight is 279 g/mol. The predicted octanol–water partition coefficient (Wildman–Crippen LogP) is 4.16. The van der Waals surface area contributed by atoms with Gasteiger partial charge in [0.05, 0.1) is 7.11 Å². The van der Waals surface area contributed by atoms with Gasteiger partial charge < -0.3 is 4.74 Å². The van der Waals surface area contributed by atoms with Crippen LogP contribution in [0.4, 0.5) is 0 Å². The first kappa shape index (κ1) is 16.5. The van der Waals surface area contributed by atoms with Crippen molar-refractivity contribution in [3.63, 3.8) is 0 Å². The van der Waals surface area contributed by atoms with E-state index in [-0.39, 0.29) is 0 Å². The number of hydrogen-bond acceptors (Lipinski definition) is 4. The van der Waals surface area contributed by atoms with Gasteiger partial charge in [-0.05, 0) is 24.5 Å². The van der Waals surface area contributed by atoms with E-state index in [2.05, 4.69) is 13.8 Å². The first-order chi connectivity index (χ1) is 9.72. The van der Waals surface area contributed by atoms with E-state index in [1.54, 1.807) is 30.9 Å². The molecule has 1 aromatic rings. The van der Waals surface area contributed by atoms with E-state index in [0.29, 0.717) is 17.2 Å². The smallest absolute Gasteiger partial charge is 0.376 e. The molecule has 0 fully saturated rings. The third-order valence-electron chi connectivity index (χ3n) is 3.15. The monoisotopic (exact) mass is 279 g/mol. The molecule has 1 atom stereocenters. The van der Waals surface area contributed by atoms with E-state index in [4.69, 9.17) is 14.5 Å². The summed E-state index contributed by atoms with van der Waals surface area (Å²) in [4.78, 5) is 21.6. The van der Waals surface area contributed by atoms with Crippen LogP contribution in [0.1, 0.15) is 49.9 Å². The summed E-state index contributed by atoms with van der Waals surface area (Å²) in [6.45, 7) is 5.83. The largest absolute Gasteiger partial charge is 0.496 e. The molecule has 20 heavy (non-hydrogen) atoms. The predicted molar refractivity (Wildman–Crippen MR) is 77.1 cm³/mol. The van der Waals surface area contributed by atoms with E-state index in [9.17, 15) is 4.79 Å². The summed E-state index contributed by atoms with van der Waals surface area (Å²) in [6.07, 6.45) is 4.29. The van der Waals surface area contributed by atoms with Gasteiger partial charge in [-0.3, -0.25) is 4.89 Å². The molecule has 0 aliphatic heterocycles. The van der Waals surface area contributed by atoms with Crippen molar-refractivity contribution in [2.45, 2.75) is 39.5 Å². The number of unbranched alkanes of at least 4 members (excludes halogenated alkanes) is 1. The maximum atomic E-state index is 11.9.